The molecule has 2 atom stereocenters. The fourth-order valence-corrected chi connectivity index (χ4v) is 3.95. The van der Waals surface area contributed by atoms with Gasteiger partial charge in [0.25, 0.3) is 0 Å². The van der Waals surface area contributed by atoms with Crippen LogP contribution in [0.2, 0.25) is 5.02 Å². The number of nitrogens with one attached hydrogen (secondary N) is 1. The lowest BCUT2D eigenvalue weighted by atomic mass is 9.64. The summed E-state index contributed by atoms with van der Waals surface area (Å²) in [6.45, 7) is 12.4. The predicted molar refractivity (Wildman–Crippen MR) is 116 cm³/mol. The number of nitrogens with two attached hydrogens (primary N) is 1. The number of halogens is 1. The number of hydrogen-bond donors (Lipinski definition) is 2. The van der Waals surface area contributed by atoms with Gasteiger partial charge in [-0.2, -0.15) is 0 Å². The van der Waals surface area contributed by atoms with Gasteiger partial charge in [-0.15, -0.1) is 0 Å². The molecule has 6 nitrogen and oxygen atoms in total. The number of piperidine rings is 1. The third-order valence-corrected chi connectivity index (χ3v) is 5.89. The van der Waals surface area contributed by atoms with E-state index in [9.17, 15) is 9.59 Å². The van der Waals surface area contributed by atoms with Crippen molar-refractivity contribution in [3.8, 4) is 0 Å². The molecule has 0 saturated carbocycles. The minimum absolute atomic E-state index is 0.107. The second-order valence-corrected chi connectivity index (χ2v) is 9.92. The summed E-state index contributed by atoms with van der Waals surface area (Å²) in [6, 6.07) is 6.98. The highest BCUT2D eigenvalue weighted by Gasteiger charge is 2.48. The normalized spacial score (nSPS) is 22.7. The highest BCUT2D eigenvalue weighted by molar-refractivity contribution is 6.30. The van der Waals surface area contributed by atoms with Crippen molar-refractivity contribution in [2.24, 2.45) is 11.1 Å². The minimum Gasteiger partial charge on any atom is -0.444 e. The first-order valence-electron chi connectivity index (χ1n) is 10.1. The van der Waals surface area contributed by atoms with Crippen LogP contribution in [-0.2, 0) is 15.1 Å². The van der Waals surface area contributed by atoms with Crippen molar-refractivity contribution in [1.82, 2.24) is 10.2 Å². The van der Waals surface area contributed by atoms with Crippen molar-refractivity contribution in [3.05, 3.63) is 34.9 Å². The molecule has 0 radical (unpaired) electrons. The first kappa shape index (κ1) is 23.5. The van der Waals surface area contributed by atoms with Gasteiger partial charge in [-0.25, -0.2) is 4.79 Å². The predicted octanol–water partition coefficient (Wildman–Crippen LogP) is 4.06. The van der Waals surface area contributed by atoms with Crippen molar-refractivity contribution in [2.45, 2.75) is 71.6 Å². The second-order valence-electron chi connectivity index (χ2n) is 9.48. The number of alkyl carbamates (subject to hydrolysis) is 1. The molecule has 7 heteroatoms. The number of rotatable bonds is 4. The van der Waals surface area contributed by atoms with Crippen LogP contribution >= 0.6 is 11.6 Å². The largest absolute Gasteiger partial charge is 0.444 e. The van der Waals surface area contributed by atoms with E-state index in [-0.39, 0.29) is 11.3 Å². The van der Waals surface area contributed by atoms with Crippen LogP contribution in [0.4, 0.5) is 4.79 Å². The summed E-state index contributed by atoms with van der Waals surface area (Å²) < 4.78 is 5.30. The molecule has 1 aromatic carbocycles. The molecular weight excluding hydrogens is 390 g/mol. The lowest BCUT2D eigenvalue weighted by Gasteiger charge is -2.52. The molecule has 1 aliphatic heterocycles. The molecule has 0 bridgehead atoms. The van der Waals surface area contributed by atoms with Crippen LogP contribution in [0.15, 0.2) is 24.3 Å². The van der Waals surface area contributed by atoms with Crippen LogP contribution < -0.4 is 11.1 Å². The zero-order valence-corrected chi connectivity index (χ0v) is 19.1. The maximum atomic E-state index is 13.1. The maximum Gasteiger partial charge on any atom is 0.408 e. The lowest BCUT2D eigenvalue weighted by Crippen LogP contribution is -2.63. The van der Waals surface area contributed by atoms with E-state index in [1.807, 2.05) is 31.2 Å². The van der Waals surface area contributed by atoms with Gasteiger partial charge in [-0.1, -0.05) is 44.5 Å². The molecule has 0 aliphatic carbocycles. The lowest BCUT2D eigenvalue weighted by molar-refractivity contribution is -0.138. The number of likely N-dealkylation sites (tertiary alicyclic amines) is 1. The molecule has 3 N–H and O–H groups in total. The quantitative estimate of drug-likeness (QED) is 0.764. The van der Waals surface area contributed by atoms with Gasteiger partial charge in [0, 0.05) is 29.1 Å². The van der Waals surface area contributed by atoms with Gasteiger partial charge in [0.15, 0.2) is 0 Å². The van der Waals surface area contributed by atoms with Gasteiger partial charge in [-0.3, -0.25) is 4.79 Å². The van der Waals surface area contributed by atoms with Crippen LogP contribution in [0, 0.1) is 5.41 Å². The molecule has 2 amide bonds. The monoisotopic (exact) mass is 423 g/mol. The van der Waals surface area contributed by atoms with E-state index in [0.29, 0.717) is 31.0 Å². The Kier molecular flexibility index (Phi) is 6.90. The molecule has 1 heterocycles. The molecule has 0 spiro atoms. The van der Waals surface area contributed by atoms with E-state index < -0.39 is 23.3 Å². The summed E-state index contributed by atoms with van der Waals surface area (Å²) >= 11 is 6.03. The van der Waals surface area contributed by atoms with E-state index in [1.165, 1.54) is 0 Å². The van der Waals surface area contributed by atoms with Crippen molar-refractivity contribution >= 4 is 23.6 Å². The molecular formula is C22H34ClN3O3. The van der Waals surface area contributed by atoms with Crippen LogP contribution in [-0.4, -0.2) is 41.6 Å². The SMILES string of the molecule is CC[C@@H](NC(=O)OC(C)(C)C)C(=O)N1CCC(N)(c2ccc(Cl)cc2)C(C)(C)C1. The molecule has 0 aromatic heterocycles. The van der Waals surface area contributed by atoms with Gasteiger partial charge in [0.2, 0.25) is 5.91 Å². The van der Waals surface area contributed by atoms with Crippen molar-refractivity contribution in [2.75, 3.05) is 13.1 Å². The Hall–Kier alpha value is -1.79. The Labute approximate surface area is 179 Å². The first-order valence-corrected chi connectivity index (χ1v) is 10.5. The Balaban J connectivity index is 2.12. The van der Waals surface area contributed by atoms with Crippen LogP contribution in [0.25, 0.3) is 0 Å². The molecule has 29 heavy (non-hydrogen) atoms. The Bertz CT molecular complexity index is 743. The third-order valence-electron chi connectivity index (χ3n) is 5.64. The van der Waals surface area contributed by atoms with Crippen LogP contribution in [0.1, 0.15) is 59.9 Å². The number of benzene rings is 1. The summed E-state index contributed by atoms with van der Waals surface area (Å²) in [5, 5.41) is 3.38. The van der Waals surface area contributed by atoms with E-state index in [1.54, 1.807) is 25.7 Å². The van der Waals surface area contributed by atoms with E-state index in [4.69, 9.17) is 22.1 Å². The molecule has 1 fully saturated rings. The maximum absolute atomic E-state index is 13.1. The Morgan fingerprint density at radius 1 is 1.28 bits per heavy atom. The number of hydrogen-bond acceptors (Lipinski definition) is 4. The number of carbonyl (C=O) groups excluding carboxylic acids is 2. The first-order chi connectivity index (χ1) is 13.3. The van der Waals surface area contributed by atoms with Crippen molar-refractivity contribution in [1.29, 1.82) is 0 Å². The van der Waals surface area contributed by atoms with E-state index >= 15 is 0 Å². The van der Waals surface area contributed by atoms with E-state index in [0.717, 1.165) is 5.56 Å². The summed E-state index contributed by atoms with van der Waals surface area (Å²) in [4.78, 5) is 27.0. The summed E-state index contributed by atoms with van der Waals surface area (Å²) in [6.07, 6.45) is 0.527. The van der Waals surface area contributed by atoms with Gasteiger partial charge in [0.1, 0.15) is 11.6 Å². The fourth-order valence-electron chi connectivity index (χ4n) is 3.83. The minimum atomic E-state index is -0.624. The van der Waals surface area contributed by atoms with E-state index in [2.05, 4.69) is 19.2 Å². The molecule has 1 aliphatic rings. The molecule has 2 rings (SSSR count). The summed E-state index contributed by atoms with van der Waals surface area (Å²) in [5.41, 5.74) is 6.32. The van der Waals surface area contributed by atoms with Crippen LogP contribution in [0.3, 0.4) is 0 Å². The second kappa shape index (κ2) is 8.52. The standard InChI is InChI=1S/C22H34ClN3O3/c1-7-17(25-19(28)29-20(2,3)4)18(27)26-13-12-22(24,21(5,6)14-26)15-8-10-16(23)11-9-15/h8-11,17H,7,12-14,24H2,1-6H3,(H,25,28)/t17-,22?/m1/s1. The molecule has 1 saturated heterocycles. The number of amides is 2. The highest BCUT2D eigenvalue weighted by atomic mass is 35.5. The average molecular weight is 424 g/mol. The molecule has 162 valence electrons. The summed E-state index contributed by atoms with van der Waals surface area (Å²) in [7, 11) is 0. The van der Waals surface area contributed by atoms with Gasteiger partial charge < -0.3 is 20.7 Å². The van der Waals surface area contributed by atoms with Crippen molar-refractivity contribution in [3.63, 3.8) is 0 Å². The van der Waals surface area contributed by atoms with Gasteiger partial charge in [0.05, 0.1) is 0 Å². The Morgan fingerprint density at radius 2 is 1.86 bits per heavy atom. The Morgan fingerprint density at radius 3 is 2.34 bits per heavy atom. The average Bonchev–Trinajstić information content (AvgIpc) is 2.60. The zero-order chi connectivity index (χ0) is 22.0. The molecule has 1 aromatic rings. The molecule has 1 unspecified atom stereocenters. The number of nitrogens with zero attached hydrogens (tertiary/aromatic N) is 1. The van der Waals surface area contributed by atoms with Crippen molar-refractivity contribution < 1.29 is 14.3 Å². The zero-order valence-electron chi connectivity index (χ0n) is 18.3. The third kappa shape index (κ3) is 5.43. The number of carbonyl (C=O) groups is 2. The van der Waals surface area contributed by atoms with Gasteiger partial charge >= 0.3 is 6.09 Å². The van der Waals surface area contributed by atoms with Crippen LogP contribution in [0.5, 0.6) is 0 Å². The smallest absolute Gasteiger partial charge is 0.408 e. The summed E-state index contributed by atoms with van der Waals surface area (Å²) in [5.74, 6) is -0.107. The topological polar surface area (TPSA) is 84.7 Å². The fraction of sp³-hybridized carbons (Fsp3) is 0.636. The van der Waals surface area contributed by atoms with Gasteiger partial charge in [-0.05, 0) is 51.3 Å². The highest BCUT2D eigenvalue weighted by Crippen LogP contribution is 2.44. The number of ether oxygens (including phenoxy) is 1.